The monoisotopic (exact) mass is 410 g/mol. The molecule has 160 valence electrons. The van der Waals surface area contributed by atoms with E-state index in [0.717, 1.165) is 24.1 Å². The molecule has 1 aliphatic carbocycles. The Bertz CT molecular complexity index is 877. The van der Waals surface area contributed by atoms with Gasteiger partial charge in [0.25, 0.3) is 5.91 Å². The van der Waals surface area contributed by atoms with E-state index in [1.54, 1.807) is 24.1 Å². The maximum absolute atomic E-state index is 12.7. The van der Waals surface area contributed by atoms with Crippen molar-refractivity contribution >= 4 is 17.5 Å². The SMILES string of the molecule is COc1ccccc1OCC(=O)N(CCC(=O)Nc1ccccc1C(C)C)C1CC1. The Morgan fingerprint density at radius 2 is 1.73 bits per heavy atom. The second kappa shape index (κ2) is 10.1. The predicted molar refractivity (Wildman–Crippen MR) is 117 cm³/mol. The number of rotatable bonds is 10. The zero-order valence-corrected chi connectivity index (χ0v) is 17.9. The van der Waals surface area contributed by atoms with E-state index in [9.17, 15) is 9.59 Å². The molecular weight excluding hydrogens is 380 g/mol. The van der Waals surface area contributed by atoms with Gasteiger partial charge in [-0.15, -0.1) is 0 Å². The molecule has 6 nitrogen and oxygen atoms in total. The summed E-state index contributed by atoms with van der Waals surface area (Å²) in [4.78, 5) is 27.0. The van der Waals surface area contributed by atoms with Crippen LogP contribution in [0.25, 0.3) is 0 Å². The molecule has 0 unspecified atom stereocenters. The molecule has 2 aromatic rings. The van der Waals surface area contributed by atoms with E-state index >= 15 is 0 Å². The number of carbonyl (C=O) groups is 2. The second-order valence-corrected chi connectivity index (χ2v) is 7.80. The summed E-state index contributed by atoms with van der Waals surface area (Å²) in [5, 5.41) is 2.99. The second-order valence-electron chi connectivity index (χ2n) is 7.80. The molecule has 2 amide bonds. The highest BCUT2D eigenvalue weighted by molar-refractivity contribution is 5.92. The molecule has 1 aliphatic rings. The smallest absolute Gasteiger partial charge is 0.260 e. The number of methoxy groups -OCH3 is 1. The molecule has 6 heteroatoms. The first-order valence-electron chi connectivity index (χ1n) is 10.4. The molecule has 0 saturated heterocycles. The minimum absolute atomic E-state index is 0.0747. The molecular formula is C24H30N2O4. The van der Waals surface area contributed by atoms with Crippen LogP contribution in [0.1, 0.15) is 44.6 Å². The molecule has 0 atom stereocenters. The lowest BCUT2D eigenvalue weighted by Crippen LogP contribution is -2.38. The van der Waals surface area contributed by atoms with E-state index < -0.39 is 0 Å². The number of para-hydroxylation sites is 3. The average Bonchev–Trinajstić information content (AvgIpc) is 3.58. The number of carbonyl (C=O) groups excluding carboxylic acids is 2. The van der Waals surface area contributed by atoms with Crippen molar-refractivity contribution < 1.29 is 19.1 Å². The fourth-order valence-electron chi connectivity index (χ4n) is 3.41. The first-order valence-corrected chi connectivity index (χ1v) is 10.4. The molecule has 30 heavy (non-hydrogen) atoms. The molecule has 0 bridgehead atoms. The van der Waals surface area contributed by atoms with Crippen LogP contribution in [-0.2, 0) is 9.59 Å². The number of ether oxygens (including phenoxy) is 2. The van der Waals surface area contributed by atoms with Crippen molar-refractivity contribution in [1.29, 1.82) is 0 Å². The van der Waals surface area contributed by atoms with Gasteiger partial charge in [-0.1, -0.05) is 44.2 Å². The third-order valence-electron chi connectivity index (χ3n) is 5.16. The first kappa shape index (κ1) is 21.7. The molecule has 3 rings (SSSR count). The van der Waals surface area contributed by atoms with Crippen molar-refractivity contribution in [2.45, 2.75) is 45.1 Å². The Labute approximate surface area is 178 Å². The summed E-state index contributed by atoms with van der Waals surface area (Å²) in [6, 6.07) is 15.3. The maximum atomic E-state index is 12.7. The van der Waals surface area contributed by atoms with Crippen molar-refractivity contribution in [3.05, 3.63) is 54.1 Å². The predicted octanol–water partition coefficient (Wildman–Crippen LogP) is 4.22. The van der Waals surface area contributed by atoms with Crippen LogP contribution in [0.15, 0.2) is 48.5 Å². The van der Waals surface area contributed by atoms with Crippen LogP contribution in [-0.4, -0.2) is 43.0 Å². The number of anilines is 1. The van der Waals surface area contributed by atoms with Gasteiger partial charge in [-0.3, -0.25) is 9.59 Å². The van der Waals surface area contributed by atoms with Gasteiger partial charge in [0, 0.05) is 24.7 Å². The topological polar surface area (TPSA) is 67.9 Å². The van der Waals surface area contributed by atoms with E-state index in [2.05, 4.69) is 19.2 Å². The van der Waals surface area contributed by atoms with Gasteiger partial charge in [-0.2, -0.15) is 0 Å². The van der Waals surface area contributed by atoms with Crippen LogP contribution in [0, 0.1) is 0 Å². The first-order chi connectivity index (χ1) is 14.5. The summed E-state index contributed by atoms with van der Waals surface area (Å²) >= 11 is 0. The Morgan fingerprint density at radius 1 is 1.07 bits per heavy atom. The summed E-state index contributed by atoms with van der Waals surface area (Å²) in [5.41, 5.74) is 1.94. The van der Waals surface area contributed by atoms with E-state index in [4.69, 9.17) is 9.47 Å². The quantitative estimate of drug-likeness (QED) is 0.637. The van der Waals surface area contributed by atoms with Crippen LogP contribution in [0.3, 0.4) is 0 Å². The Morgan fingerprint density at radius 3 is 2.40 bits per heavy atom. The minimum Gasteiger partial charge on any atom is -0.493 e. The van der Waals surface area contributed by atoms with Crippen LogP contribution in [0.4, 0.5) is 5.69 Å². The lowest BCUT2D eigenvalue weighted by atomic mass is 10.0. The van der Waals surface area contributed by atoms with Crippen LogP contribution in [0.2, 0.25) is 0 Å². The largest absolute Gasteiger partial charge is 0.493 e. The van der Waals surface area contributed by atoms with Crippen molar-refractivity contribution in [3.63, 3.8) is 0 Å². The van der Waals surface area contributed by atoms with Gasteiger partial charge in [0.15, 0.2) is 18.1 Å². The van der Waals surface area contributed by atoms with Crippen molar-refractivity contribution in [2.24, 2.45) is 0 Å². The molecule has 2 aromatic carbocycles. The Kier molecular flexibility index (Phi) is 7.33. The van der Waals surface area contributed by atoms with Crippen molar-refractivity contribution in [1.82, 2.24) is 4.90 Å². The van der Waals surface area contributed by atoms with Gasteiger partial charge in [-0.05, 0) is 42.5 Å². The number of amides is 2. The van der Waals surface area contributed by atoms with Crippen LogP contribution >= 0.6 is 0 Å². The molecule has 0 spiro atoms. The molecule has 1 N–H and O–H groups in total. The summed E-state index contributed by atoms with van der Waals surface area (Å²) in [7, 11) is 1.57. The summed E-state index contributed by atoms with van der Waals surface area (Å²) < 4.78 is 10.9. The zero-order valence-electron chi connectivity index (χ0n) is 17.9. The van der Waals surface area contributed by atoms with Crippen LogP contribution in [0.5, 0.6) is 11.5 Å². The van der Waals surface area contributed by atoms with E-state index in [-0.39, 0.29) is 30.9 Å². The van der Waals surface area contributed by atoms with Gasteiger partial charge in [-0.25, -0.2) is 0 Å². The van der Waals surface area contributed by atoms with Gasteiger partial charge in [0.05, 0.1) is 7.11 Å². The van der Waals surface area contributed by atoms with Gasteiger partial charge in [0.2, 0.25) is 5.91 Å². The molecule has 0 aromatic heterocycles. The molecule has 0 radical (unpaired) electrons. The van der Waals surface area contributed by atoms with E-state index in [1.165, 1.54) is 0 Å². The number of benzene rings is 2. The van der Waals surface area contributed by atoms with Gasteiger partial charge < -0.3 is 19.7 Å². The summed E-state index contributed by atoms with van der Waals surface area (Å²) in [6.45, 7) is 4.50. The molecule has 0 aliphatic heterocycles. The number of hydrogen-bond donors (Lipinski definition) is 1. The zero-order chi connectivity index (χ0) is 21.5. The third kappa shape index (κ3) is 5.75. The molecule has 0 heterocycles. The van der Waals surface area contributed by atoms with Gasteiger partial charge in [0.1, 0.15) is 0 Å². The molecule has 1 fully saturated rings. The maximum Gasteiger partial charge on any atom is 0.260 e. The highest BCUT2D eigenvalue weighted by Gasteiger charge is 2.33. The lowest BCUT2D eigenvalue weighted by molar-refractivity contribution is -0.134. The fraction of sp³-hybridized carbons (Fsp3) is 0.417. The highest BCUT2D eigenvalue weighted by atomic mass is 16.5. The Balaban J connectivity index is 1.54. The van der Waals surface area contributed by atoms with Crippen molar-refractivity contribution in [3.8, 4) is 11.5 Å². The molecule has 1 saturated carbocycles. The fourth-order valence-corrected chi connectivity index (χ4v) is 3.41. The van der Waals surface area contributed by atoms with E-state index in [1.807, 2.05) is 36.4 Å². The normalized spacial score (nSPS) is 13.1. The van der Waals surface area contributed by atoms with Crippen molar-refractivity contribution in [2.75, 3.05) is 25.6 Å². The number of nitrogens with zero attached hydrogens (tertiary/aromatic N) is 1. The van der Waals surface area contributed by atoms with Gasteiger partial charge >= 0.3 is 0 Å². The number of hydrogen-bond acceptors (Lipinski definition) is 4. The highest BCUT2D eigenvalue weighted by Crippen LogP contribution is 2.29. The van der Waals surface area contributed by atoms with Crippen LogP contribution < -0.4 is 14.8 Å². The van der Waals surface area contributed by atoms with E-state index in [0.29, 0.717) is 24.0 Å². The number of nitrogens with one attached hydrogen (secondary N) is 1. The summed E-state index contributed by atoms with van der Waals surface area (Å²) in [6.07, 6.45) is 2.19. The minimum atomic E-state index is -0.112. The standard InChI is InChI=1S/C24H30N2O4/c1-17(2)19-8-4-5-9-20(19)25-23(27)14-15-26(18-12-13-18)24(28)16-30-22-11-7-6-10-21(22)29-3/h4-11,17-18H,12-16H2,1-3H3,(H,25,27). The summed E-state index contributed by atoms with van der Waals surface area (Å²) in [5.74, 6) is 1.24. The third-order valence-corrected chi connectivity index (χ3v) is 5.16. The Hall–Kier alpha value is -3.02. The lowest BCUT2D eigenvalue weighted by Gasteiger charge is -2.23. The average molecular weight is 411 g/mol.